The van der Waals surface area contributed by atoms with Gasteiger partial charge in [-0.1, -0.05) is 37.6 Å². The van der Waals surface area contributed by atoms with Gasteiger partial charge in [0.15, 0.2) is 0 Å². The van der Waals surface area contributed by atoms with Crippen LogP contribution in [0, 0.1) is 0 Å². The highest BCUT2D eigenvalue weighted by atomic mass is 16.5. The van der Waals surface area contributed by atoms with E-state index in [1.807, 2.05) is 55.5 Å². The fourth-order valence-corrected chi connectivity index (χ4v) is 3.76. The van der Waals surface area contributed by atoms with E-state index in [9.17, 15) is 4.79 Å². The van der Waals surface area contributed by atoms with Crippen molar-refractivity contribution < 1.29 is 14.3 Å². The zero-order chi connectivity index (χ0) is 20.4. The first kappa shape index (κ1) is 19.1. The second-order valence-electron chi connectivity index (χ2n) is 7.13. The molecule has 4 rings (SSSR count). The van der Waals surface area contributed by atoms with E-state index in [0.717, 1.165) is 40.9 Å². The zero-order valence-corrected chi connectivity index (χ0v) is 16.9. The summed E-state index contributed by atoms with van der Waals surface area (Å²) in [5.74, 6) is 1.14. The molecule has 2 aromatic carbocycles. The molecule has 6 nitrogen and oxygen atoms in total. The Labute approximate surface area is 170 Å². The molecule has 0 amide bonds. The molecule has 29 heavy (non-hydrogen) atoms. The molecule has 0 saturated heterocycles. The second-order valence-corrected chi connectivity index (χ2v) is 7.13. The molecule has 1 atom stereocenters. The van der Waals surface area contributed by atoms with E-state index >= 15 is 0 Å². The minimum absolute atomic E-state index is 0.360. The van der Waals surface area contributed by atoms with Crippen LogP contribution in [-0.2, 0) is 9.53 Å². The van der Waals surface area contributed by atoms with Gasteiger partial charge in [-0.05, 0) is 43.2 Å². The van der Waals surface area contributed by atoms with Crippen LogP contribution in [0.2, 0.25) is 0 Å². The first-order valence-corrected chi connectivity index (χ1v) is 9.90. The fraction of sp³-hybridized carbons (Fsp3) is 0.304. The number of methoxy groups -OCH3 is 1. The van der Waals surface area contributed by atoms with Gasteiger partial charge in [0.1, 0.15) is 5.75 Å². The summed E-state index contributed by atoms with van der Waals surface area (Å²) in [7, 11) is 1.41. The first-order valence-electron chi connectivity index (χ1n) is 9.90. The Bertz CT molecular complexity index is 1080. The summed E-state index contributed by atoms with van der Waals surface area (Å²) in [5.41, 5.74) is 4.07. The van der Waals surface area contributed by atoms with E-state index in [4.69, 9.17) is 14.5 Å². The number of allylic oxidation sites excluding steroid dienone is 1. The van der Waals surface area contributed by atoms with Gasteiger partial charge >= 0.3 is 5.97 Å². The molecule has 0 spiro atoms. The predicted octanol–water partition coefficient (Wildman–Crippen LogP) is 4.68. The Morgan fingerprint density at radius 2 is 2.03 bits per heavy atom. The van der Waals surface area contributed by atoms with Crippen LogP contribution in [-0.4, -0.2) is 29.2 Å². The maximum Gasteiger partial charge on any atom is 0.337 e. The summed E-state index contributed by atoms with van der Waals surface area (Å²) in [6.45, 7) is 4.69. The molecule has 1 N–H and O–H groups in total. The number of fused-ring (bicyclic) bond motifs is 3. The van der Waals surface area contributed by atoms with Gasteiger partial charge in [0.25, 0.3) is 0 Å². The highest BCUT2D eigenvalue weighted by Crippen LogP contribution is 2.40. The molecular weight excluding hydrogens is 366 g/mol. The van der Waals surface area contributed by atoms with Gasteiger partial charge < -0.3 is 14.8 Å². The maximum absolute atomic E-state index is 12.7. The number of esters is 1. The van der Waals surface area contributed by atoms with Crippen molar-refractivity contribution in [2.45, 2.75) is 32.7 Å². The molecule has 1 aliphatic rings. The van der Waals surface area contributed by atoms with E-state index in [-0.39, 0.29) is 12.0 Å². The number of unbranched alkanes of at least 4 members (excludes halogenated alkanes) is 1. The quantitative estimate of drug-likeness (QED) is 0.488. The van der Waals surface area contributed by atoms with Crippen molar-refractivity contribution in [2.24, 2.45) is 0 Å². The van der Waals surface area contributed by atoms with E-state index in [2.05, 4.69) is 16.8 Å². The number of carbonyl (C=O) groups excluding carboxylic acids is 1. The molecule has 1 aliphatic heterocycles. The lowest BCUT2D eigenvalue weighted by atomic mass is 9.95. The molecule has 0 aliphatic carbocycles. The number of para-hydroxylation sites is 2. The van der Waals surface area contributed by atoms with Gasteiger partial charge in [0, 0.05) is 5.70 Å². The van der Waals surface area contributed by atoms with Gasteiger partial charge in [0.05, 0.1) is 36.4 Å². The third kappa shape index (κ3) is 3.46. The molecule has 6 heteroatoms. The Kier molecular flexibility index (Phi) is 5.25. The van der Waals surface area contributed by atoms with Crippen molar-refractivity contribution >= 4 is 23.0 Å². The summed E-state index contributed by atoms with van der Waals surface area (Å²) >= 11 is 0. The summed E-state index contributed by atoms with van der Waals surface area (Å²) in [4.78, 5) is 17.5. The van der Waals surface area contributed by atoms with E-state index in [1.54, 1.807) is 0 Å². The molecule has 0 unspecified atom stereocenters. The maximum atomic E-state index is 12.7. The van der Waals surface area contributed by atoms with Crippen molar-refractivity contribution in [2.75, 3.05) is 19.0 Å². The van der Waals surface area contributed by atoms with Crippen LogP contribution in [0.1, 0.15) is 38.3 Å². The smallest absolute Gasteiger partial charge is 0.337 e. The van der Waals surface area contributed by atoms with Crippen molar-refractivity contribution in [1.82, 2.24) is 9.55 Å². The molecule has 150 valence electrons. The third-order valence-electron chi connectivity index (χ3n) is 5.18. The second kappa shape index (κ2) is 7.99. The summed E-state index contributed by atoms with van der Waals surface area (Å²) in [5, 5.41) is 3.27. The molecular formula is C23H25N3O3. The lowest BCUT2D eigenvalue weighted by Gasteiger charge is -2.30. The average Bonchev–Trinajstić information content (AvgIpc) is 3.10. The van der Waals surface area contributed by atoms with Crippen LogP contribution >= 0.6 is 0 Å². The highest BCUT2D eigenvalue weighted by molar-refractivity contribution is 5.94. The Hall–Kier alpha value is -3.28. The normalized spacial score (nSPS) is 15.8. The third-order valence-corrected chi connectivity index (χ3v) is 5.18. The lowest BCUT2D eigenvalue weighted by molar-refractivity contribution is -0.136. The molecule has 0 radical (unpaired) electrons. The number of ether oxygens (including phenoxy) is 2. The molecule has 0 fully saturated rings. The van der Waals surface area contributed by atoms with Gasteiger partial charge in [0.2, 0.25) is 5.95 Å². The first-order chi connectivity index (χ1) is 14.1. The molecule has 0 saturated carbocycles. The van der Waals surface area contributed by atoms with Gasteiger partial charge in [-0.25, -0.2) is 9.78 Å². The van der Waals surface area contributed by atoms with Crippen LogP contribution in [0.3, 0.4) is 0 Å². The summed E-state index contributed by atoms with van der Waals surface area (Å²) in [6.07, 6.45) is 2.08. The molecule has 2 heterocycles. The van der Waals surface area contributed by atoms with Crippen molar-refractivity contribution in [1.29, 1.82) is 0 Å². The Morgan fingerprint density at radius 3 is 2.83 bits per heavy atom. The number of nitrogens with zero attached hydrogens (tertiary/aromatic N) is 2. The largest absolute Gasteiger partial charge is 0.494 e. The number of nitrogens with one attached hydrogen (secondary N) is 1. The Morgan fingerprint density at radius 1 is 1.21 bits per heavy atom. The van der Waals surface area contributed by atoms with E-state index in [0.29, 0.717) is 18.1 Å². The number of anilines is 1. The molecule has 0 bridgehead atoms. The number of hydrogen-bond donors (Lipinski definition) is 1. The lowest BCUT2D eigenvalue weighted by Crippen LogP contribution is -2.28. The van der Waals surface area contributed by atoms with Crippen molar-refractivity contribution in [3.8, 4) is 5.75 Å². The van der Waals surface area contributed by atoms with E-state index in [1.165, 1.54) is 7.11 Å². The average molecular weight is 391 g/mol. The number of aromatic nitrogens is 2. The SMILES string of the molecule is CCCCOc1cccc([C@H]2C(C(=O)OC)=C(C)Nc3nc4ccccc4n32)c1. The predicted molar refractivity (Wildman–Crippen MR) is 113 cm³/mol. The van der Waals surface area contributed by atoms with Gasteiger partial charge in [-0.3, -0.25) is 4.57 Å². The van der Waals surface area contributed by atoms with Crippen LogP contribution in [0.15, 0.2) is 59.8 Å². The van der Waals surface area contributed by atoms with Crippen LogP contribution in [0.5, 0.6) is 5.75 Å². The van der Waals surface area contributed by atoms with Crippen LogP contribution in [0.4, 0.5) is 5.95 Å². The number of rotatable bonds is 6. The summed E-state index contributed by atoms with van der Waals surface area (Å²) < 4.78 is 13.1. The van der Waals surface area contributed by atoms with Crippen LogP contribution in [0.25, 0.3) is 11.0 Å². The fourth-order valence-electron chi connectivity index (χ4n) is 3.76. The zero-order valence-electron chi connectivity index (χ0n) is 16.9. The number of hydrogen-bond acceptors (Lipinski definition) is 5. The minimum atomic E-state index is -0.360. The minimum Gasteiger partial charge on any atom is -0.494 e. The molecule has 1 aromatic heterocycles. The van der Waals surface area contributed by atoms with Gasteiger partial charge in [-0.15, -0.1) is 0 Å². The summed E-state index contributed by atoms with van der Waals surface area (Å²) in [6, 6.07) is 15.5. The topological polar surface area (TPSA) is 65.4 Å². The number of imidazole rings is 1. The monoisotopic (exact) mass is 391 g/mol. The van der Waals surface area contributed by atoms with Crippen molar-refractivity contribution in [3.05, 3.63) is 65.4 Å². The Balaban J connectivity index is 1.87. The van der Waals surface area contributed by atoms with Gasteiger partial charge in [-0.2, -0.15) is 0 Å². The molecule has 3 aromatic rings. The standard InChI is InChI=1S/C23H25N3O3/c1-4-5-13-29-17-10-8-9-16(14-17)21-20(22(27)28-3)15(2)24-23-25-18-11-6-7-12-19(18)26(21)23/h6-12,14,21H,4-5,13H2,1-3H3,(H,24,25)/t21-/m0/s1. The number of benzene rings is 2. The van der Waals surface area contributed by atoms with E-state index < -0.39 is 0 Å². The van der Waals surface area contributed by atoms with Crippen molar-refractivity contribution in [3.63, 3.8) is 0 Å². The number of carbonyl (C=O) groups is 1. The highest BCUT2D eigenvalue weighted by Gasteiger charge is 2.34. The van der Waals surface area contributed by atoms with Crippen LogP contribution < -0.4 is 10.1 Å².